The van der Waals surface area contributed by atoms with Gasteiger partial charge in [-0.05, 0) is 44.3 Å². The van der Waals surface area contributed by atoms with Crippen molar-refractivity contribution in [3.05, 3.63) is 72.8 Å². The largest absolute Gasteiger partial charge is 0.494 e. The van der Waals surface area contributed by atoms with Crippen LogP contribution in [0.1, 0.15) is 27.7 Å². The highest BCUT2D eigenvalue weighted by Gasteiger charge is 2.51. The smallest absolute Gasteiger partial charge is 0.399 e. The van der Waals surface area contributed by atoms with Gasteiger partial charge >= 0.3 is 7.12 Å². The van der Waals surface area contributed by atoms with E-state index in [1.54, 1.807) is 0 Å². The zero-order valence-corrected chi connectivity index (χ0v) is 16.9. The first-order chi connectivity index (χ1) is 13.4. The van der Waals surface area contributed by atoms with Crippen molar-refractivity contribution in [2.75, 3.05) is 0 Å². The molecule has 0 atom stereocenters. The lowest BCUT2D eigenvalue weighted by atomic mass is 9.39. The van der Waals surface area contributed by atoms with E-state index in [2.05, 4.69) is 100 Å². The summed E-state index contributed by atoms with van der Waals surface area (Å²) in [7, 11) is -0.317. The Morgan fingerprint density at radius 3 is 1.50 bits per heavy atom. The van der Waals surface area contributed by atoms with Gasteiger partial charge in [-0.25, -0.2) is 0 Å². The van der Waals surface area contributed by atoms with Gasteiger partial charge in [0.1, 0.15) is 0 Å². The zero-order chi connectivity index (χ0) is 19.5. The van der Waals surface area contributed by atoms with Crippen LogP contribution in [0, 0.1) is 0 Å². The molecule has 0 saturated carbocycles. The van der Waals surface area contributed by atoms with Crippen LogP contribution >= 0.6 is 0 Å². The molecule has 2 heterocycles. The highest BCUT2D eigenvalue weighted by Crippen LogP contribution is 2.36. The maximum absolute atomic E-state index is 6.21. The van der Waals surface area contributed by atoms with Gasteiger partial charge in [0.05, 0.1) is 11.2 Å². The van der Waals surface area contributed by atoms with Crippen LogP contribution < -0.4 is 21.9 Å². The van der Waals surface area contributed by atoms with Crippen molar-refractivity contribution in [1.29, 1.82) is 0 Å². The predicted molar refractivity (Wildman–Crippen MR) is 119 cm³/mol. The van der Waals surface area contributed by atoms with Crippen molar-refractivity contribution in [2.24, 2.45) is 0 Å². The molecular weight excluding hydrogens is 342 g/mol. The van der Waals surface area contributed by atoms with Crippen LogP contribution in [0.4, 0.5) is 0 Å². The molecule has 5 rings (SSSR count). The Bertz CT molecular complexity index is 979. The van der Waals surface area contributed by atoms with E-state index in [4.69, 9.17) is 9.31 Å². The van der Waals surface area contributed by atoms with E-state index in [9.17, 15) is 0 Å². The number of hydrogen-bond donors (Lipinski definition) is 0. The standard InChI is InChI=1S/C24H24B2O2/c1-23(2)24(3,4)28-26(27-23)18-15-13-17(14-16-18)25-21-11-7-5-9-19(21)20-10-6-8-12-22(20)25/h5-16H,1-4H3. The molecular formula is C24H24B2O2. The van der Waals surface area contributed by atoms with Crippen LogP contribution in [-0.2, 0) is 9.31 Å². The van der Waals surface area contributed by atoms with Crippen LogP contribution in [0.5, 0.6) is 0 Å². The summed E-state index contributed by atoms with van der Waals surface area (Å²) in [6.07, 6.45) is 0. The van der Waals surface area contributed by atoms with E-state index in [-0.39, 0.29) is 25.0 Å². The van der Waals surface area contributed by atoms with Crippen molar-refractivity contribution in [3.63, 3.8) is 0 Å². The Morgan fingerprint density at radius 1 is 0.571 bits per heavy atom. The Hall–Kier alpha value is -2.29. The molecule has 0 unspecified atom stereocenters. The summed E-state index contributed by atoms with van der Waals surface area (Å²) < 4.78 is 12.4. The second-order valence-electron chi connectivity index (χ2n) is 8.86. The summed E-state index contributed by atoms with van der Waals surface area (Å²) in [5.74, 6) is 0. The summed E-state index contributed by atoms with van der Waals surface area (Å²) in [4.78, 5) is 0. The SMILES string of the molecule is CC1(C)OB(c2ccc(B3c4ccccc4-c4ccccc43)cc2)OC1(C)C. The van der Waals surface area contributed by atoms with E-state index >= 15 is 0 Å². The first kappa shape index (κ1) is 17.8. The molecule has 2 aliphatic heterocycles. The lowest BCUT2D eigenvalue weighted by molar-refractivity contribution is 0.00578. The molecule has 2 aliphatic rings. The minimum absolute atomic E-state index is 0.278. The molecule has 0 aromatic heterocycles. The van der Waals surface area contributed by atoms with Crippen LogP contribution in [0.3, 0.4) is 0 Å². The highest BCUT2D eigenvalue weighted by molar-refractivity contribution is 6.99. The van der Waals surface area contributed by atoms with Crippen molar-refractivity contribution in [1.82, 2.24) is 0 Å². The molecule has 28 heavy (non-hydrogen) atoms. The second kappa shape index (κ2) is 6.10. The molecule has 1 fully saturated rings. The van der Waals surface area contributed by atoms with E-state index in [0.717, 1.165) is 5.46 Å². The first-order valence-electron chi connectivity index (χ1n) is 10.0. The minimum atomic E-state index is -0.320. The lowest BCUT2D eigenvalue weighted by Crippen LogP contribution is -2.49. The molecule has 0 bridgehead atoms. The fourth-order valence-corrected chi connectivity index (χ4v) is 4.34. The highest BCUT2D eigenvalue weighted by atomic mass is 16.7. The maximum Gasteiger partial charge on any atom is 0.494 e. The predicted octanol–water partition coefficient (Wildman–Crippen LogP) is 2.48. The molecule has 0 aliphatic carbocycles. The van der Waals surface area contributed by atoms with Crippen LogP contribution in [0.2, 0.25) is 0 Å². The van der Waals surface area contributed by atoms with Crippen LogP contribution in [0.15, 0.2) is 72.8 Å². The number of fused-ring (bicyclic) bond motifs is 3. The third-order valence-electron chi connectivity index (χ3n) is 6.63. The minimum Gasteiger partial charge on any atom is -0.399 e. The van der Waals surface area contributed by atoms with E-state index in [1.165, 1.54) is 27.5 Å². The van der Waals surface area contributed by atoms with Gasteiger partial charge in [0.2, 0.25) is 6.71 Å². The van der Waals surface area contributed by atoms with Crippen molar-refractivity contribution in [3.8, 4) is 11.1 Å². The van der Waals surface area contributed by atoms with Gasteiger partial charge in [-0.1, -0.05) is 89.2 Å². The van der Waals surface area contributed by atoms with E-state index in [0.29, 0.717) is 0 Å². The van der Waals surface area contributed by atoms with Gasteiger partial charge in [0, 0.05) is 0 Å². The summed E-state index contributed by atoms with van der Waals surface area (Å²) in [5.41, 5.74) is 7.19. The molecule has 138 valence electrons. The van der Waals surface area contributed by atoms with Crippen LogP contribution in [-0.4, -0.2) is 25.0 Å². The average Bonchev–Trinajstić information content (AvgIpc) is 3.12. The van der Waals surface area contributed by atoms with Crippen LogP contribution in [0.25, 0.3) is 11.1 Å². The van der Waals surface area contributed by atoms with E-state index < -0.39 is 0 Å². The van der Waals surface area contributed by atoms with Gasteiger partial charge in [-0.15, -0.1) is 0 Å². The van der Waals surface area contributed by atoms with E-state index in [1.807, 2.05) is 0 Å². The van der Waals surface area contributed by atoms with Gasteiger partial charge < -0.3 is 9.31 Å². The number of rotatable bonds is 2. The Balaban J connectivity index is 1.51. The Labute approximate surface area is 168 Å². The summed E-state index contributed by atoms with van der Waals surface area (Å²) in [6, 6.07) is 26.2. The van der Waals surface area contributed by atoms with Gasteiger partial charge in [-0.3, -0.25) is 0 Å². The zero-order valence-electron chi connectivity index (χ0n) is 16.9. The summed E-state index contributed by atoms with van der Waals surface area (Å²) in [5, 5.41) is 0. The third kappa shape index (κ3) is 2.59. The molecule has 0 amide bonds. The topological polar surface area (TPSA) is 18.5 Å². The summed E-state index contributed by atoms with van der Waals surface area (Å²) >= 11 is 0. The number of benzene rings is 3. The third-order valence-corrected chi connectivity index (χ3v) is 6.63. The second-order valence-corrected chi connectivity index (χ2v) is 8.86. The fraction of sp³-hybridized carbons (Fsp3) is 0.250. The molecule has 2 nitrogen and oxygen atoms in total. The van der Waals surface area contributed by atoms with Crippen molar-refractivity contribution < 1.29 is 9.31 Å². The number of hydrogen-bond acceptors (Lipinski definition) is 2. The normalized spacial score (nSPS) is 18.9. The molecule has 1 saturated heterocycles. The molecule has 3 aromatic carbocycles. The van der Waals surface area contributed by atoms with Crippen molar-refractivity contribution in [2.45, 2.75) is 38.9 Å². The first-order valence-corrected chi connectivity index (χ1v) is 10.0. The molecule has 0 spiro atoms. The monoisotopic (exact) mass is 366 g/mol. The molecule has 0 radical (unpaired) electrons. The average molecular weight is 366 g/mol. The fourth-order valence-electron chi connectivity index (χ4n) is 4.34. The van der Waals surface area contributed by atoms with Gasteiger partial charge in [0.15, 0.2) is 0 Å². The molecule has 3 aromatic rings. The quantitative estimate of drug-likeness (QED) is 0.508. The van der Waals surface area contributed by atoms with Crippen molar-refractivity contribution >= 4 is 35.7 Å². The summed E-state index contributed by atoms with van der Waals surface area (Å²) in [6.45, 7) is 8.64. The Morgan fingerprint density at radius 2 is 1.00 bits per heavy atom. The lowest BCUT2D eigenvalue weighted by Gasteiger charge is -2.32. The molecule has 4 heteroatoms. The Kier molecular flexibility index (Phi) is 3.88. The van der Waals surface area contributed by atoms with Gasteiger partial charge in [0.25, 0.3) is 0 Å². The molecule has 0 N–H and O–H groups in total. The maximum atomic E-state index is 6.21. The van der Waals surface area contributed by atoms with Gasteiger partial charge in [-0.2, -0.15) is 0 Å².